The van der Waals surface area contributed by atoms with Crippen LogP contribution in [0.25, 0.3) is 0 Å². The van der Waals surface area contributed by atoms with E-state index in [0.717, 1.165) is 5.69 Å². The first-order chi connectivity index (χ1) is 6.27. The first-order valence-corrected chi connectivity index (χ1v) is 4.21. The number of rotatable bonds is 4. The number of aliphatic hydroxyl groups excluding tert-OH is 1. The third kappa shape index (κ3) is 2.65. The fourth-order valence-electron chi connectivity index (χ4n) is 1.09. The van der Waals surface area contributed by atoms with Crippen LogP contribution in [-0.4, -0.2) is 10.1 Å². The molecule has 0 bridgehead atoms. The first kappa shape index (κ1) is 9.89. The summed E-state index contributed by atoms with van der Waals surface area (Å²) in [6.45, 7) is 3.56. The number of aromatic nitrogens is 1. The van der Waals surface area contributed by atoms with Crippen molar-refractivity contribution in [1.29, 1.82) is 0 Å². The molecule has 0 saturated heterocycles. The van der Waals surface area contributed by atoms with Gasteiger partial charge in [0.15, 0.2) is 0 Å². The van der Waals surface area contributed by atoms with Gasteiger partial charge in [-0.1, -0.05) is 12.1 Å². The number of aliphatic hydroxyl groups is 1. The van der Waals surface area contributed by atoms with Crippen molar-refractivity contribution in [3.8, 4) is 0 Å². The summed E-state index contributed by atoms with van der Waals surface area (Å²) < 4.78 is 0. The fourth-order valence-corrected chi connectivity index (χ4v) is 1.09. The zero-order valence-corrected chi connectivity index (χ0v) is 7.48. The van der Waals surface area contributed by atoms with E-state index in [1.165, 1.54) is 0 Å². The van der Waals surface area contributed by atoms with Gasteiger partial charge in [-0.2, -0.15) is 0 Å². The molecule has 0 radical (unpaired) electrons. The number of nitrogens with zero attached hydrogens (tertiary/aromatic N) is 1. The minimum Gasteiger partial charge on any atom is -0.390 e. The van der Waals surface area contributed by atoms with Crippen LogP contribution in [0.15, 0.2) is 30.9 Å². The maximum Gasteiger partial charge on any atom is 0.0853 e. The van der Waals surface area contributed by atoms with Gasteiger partial charge in [0.25, 0.3) is 0 Å². The van der Waals surface area contributed by atoms with Crippen LogP contribution in [0.5, 0.6) is 0 Å². The second-order valence-corrected chi connectivity index (χ2v) is 2.84. The average molecular weight is 178 g/mol. The van der Waals surface area contributed by atoms with Gasteiger partial charge in [0.1, 0.15) is 0 Å². The molecule has 0 aliphatic carbocycles. The maximum atomic E-state index is 8.85. The van der Waals surface area contributed by atoms with Gasteiger partial charge in [-0.05, 0) is 18.6 Å². The van der Waals surface area contributed by atoms with Crippen LogP contribution in [0.1, 0.15) is 23.9 Å². The molecule has 13 heavy (non-hydrogen) atoms. The van der Waals surface area contributed by atoms with Crippen molar-refractivity contribution in [1.82, 2.24) is 4.98 Å². The van der Waals surface area contributed by atoms with Crippen molar-refractivity contribution in [2.24, 2.45) is 5.73 Å². The minimum atomic E-state index is -0.121. The molecule has 1 atom stereocenters. The smallest absolute Gasteiger partial charge is 0.0853 e. The number of nitrogens with two attached hydrogens (primary N) is 1. The van der Waals surface area contributed by atoms with E-state index in [4.69, 9.17) is 10.8 Å². The molecule has 3 heteroatoms. The van der Waals surface area contributed by atoms with E-state index < -0.39 is 0 Å². The highest BCUT2D eigenvalue weighted by Gasteiger charge is 2.05. The highest BCUT2D eigenvalue weighted by atomic mass is 16.3. The first-order valence-electron chi connectivity index (χ1n) is 4.21. The van der Waals surface area contributed by atoms with Gasteiger partial charge in [-0.3, -0.25) is 4.98 Å². The molecule has 3 nitrogen and oxygen atoms in total. The monoisotopic (exact) mass is 178 g/mol. The lowest BCUT2D eigenvalue weighted by Crippen LogP contribution is -2.11. The van der Waals surface area contributed by atoms with E-state index >= 15 is 0 Å². The SMILES string of the molecule is C=CCC(N)c1cccc(CO)n1. The second-order valence-electron chi connectivity index (χ2n) is 2.84. The van der Waals surface area contributed by atoms with Gasteiger partial charge in [-0.15, -0.1) is 6.58 Å². The molecule has 1 aromatic heterocycles. The molecule has 0 spiro atoms. The van der Waals surface area contributed by atoms with Gasteiger partial charge in [0.2, 0.25) is 0 Å². The molecule has 1 heterocycles. The Morgan fingerprint density at radius 3 is 3.00 bits per heavy atom. The second kappa shape index (κ2) is 4.74. The summed E-state index contributed by atoms with van der Waals surface area (Å²) in [7, 11) is 0. The molecule has 1 rings (SSSR count). The minimum absolute atomic E-state index is 0.0470. The third-order valence-electron chi connectivity index (χ3n) is 1.79. The highest BCUT2D eigenvalue weighted by Crippen LogP contribution is 2.11. The lowest BCUT2D eigenvalue weighted by atomic mass is 10.1. The zero-order chi connectivity index (χ0) is 9.68. The van der Waals surface area contributed by atoms with Gasteiger partial charge in [0.05, 0.1) is 24.0 Å². The van der Waals surface area contributed by atoms with Crippen molar-refractivity contribution in [2.45, 2.75) is 19.1 Å². The topological polar surface area (TPSA) is 59.1 Å². The Labute approximate surface area is 77.9 Å². The standard InChI is InChI=1S/C10H14N2O/c1-2-4-9(11)10-6-3-5-8(7-13)12-10/h2-3,5-6,9,13H,1,4,7,11H2. The van der Waals surface area contributed by atoms with Gasteiger partial charge in [-0.25, -0.2) is 0 Å². The fraction of sp³-hybridized carbons (Fsp3) is 0.300. The van der Waals surface area contributed by atoms with E-state index in [0.29, 0.717) is 12.1 Å². The lowest BCUT2D eigenvalue weighted by molar-refractivity contribution is 0.276. The molecule has 0 aliphatic rings. The van der Waals surface area contributed by atoms with Crippen LogP contribution in [0.4, 0.5) is 0 Å². The summed E-state index contributed by atoms with van der Waals surface area (Å²) >= 11 is 0. The Kier molecular flexibility index (Phi) is 3.61. The molecule has 0 amide bonds. The zero-order valence-electron chi connectivity index (χ0n) is 7.48. The Balaban J connectivity index is 2.81. The average Bonchev–Trinajstić information content (AvgIpc) is 2.18. The molecule has 3 N–H and O–H groups in total. The Bertz CT molecular complexity index is 286. The van der Waals surface area contributed by atoms with Crippen LogP contribution in [0.2, 0.25) is 0 Å². The molecule has 1 unspecified atom stereocenters. The Morgan fingerprint density at radius 2 is 2.38 bits per heavy atom. The van der Waals surface area contributed by atoms with Crippen molar-refractivity contribution in [3.63, 3.8) is 0 Å². The predicted octanol–water partition coefficient (Wildman–Crippen LogP) is 1.15. The molecule has 1 aromatic rings. The van der Waals surface area contributed by atoms with Crippen LogP contribution < -0.4 is 5.73 Å². The summed E-state index contributed by atoms with van der Waals surface area (Å²) in [4.78, 5) is 4.19. The van der Waals surface area contributed by atoms with E-state index in [9.17, 15) is 0 Å². The van der Waals surface area contributed by atoms with Crippen molar-refractivity contribution in [3.05, 3.63) is 42.2 Å². The summed E-state index contributed by atoms with van der Waals surface area (Å²) in [6.07, 6.45) is 2.46. The largest absolute Gasteiger partial charge is 0.390 e. The van der Waals surface area contributed by atoms with Crippen molar-refractivity contribution in [2.75, 3.05) is 0 Å². The number of hydrogen-bond donors (Lipinski definition) is 2. The highest BCUT2D eigenvalue weighted by molar-refractivity contribution is 5.14. The van der Waals surface area contributed by atoms with Gasteiger partial charge in [0, 0.05) is 0 Å². The van der Waals surface area contributed by atoms with E-state index in [1.807, 2.05) is 12.1 Å². The van der Waals surface area contributed by atoms with E-state index in [1.54, 1.807) is 12.1 Å². The summed E-state index contributed by atoms with van der Waals surface area (Å²) in [6, 6.07) is 5.35. The summed E-state index contributed by atoms with van der Waals surface area (Å²) in [5.41, 5.74) is 7.26. The molecule has 0 aliphatic heterocycles. The Morgan fingerprint density at radius 1 is 1.62 bits per heavy atom. The van der Waals surface area contributed by atoms with E-state index in [-0.39, 0.29) is 12.6 Å². The quantitative estimate of drug-likeness (QED) is 0.680. The number of pyridine rings is 1. The predicted molar refractivity (Wildman–Crippen MR) is 51.9 cm³/mol. The number of hydrogen-bond acceptors (Lipinski definition) is 3. The van der Waals surface area contributed by atoms with Crippen LogP contribution in [0.3, 0.4) is 0 Å². The molecule has 0 fully saturated rings. The lowest BCUT2D eigenvalue weighted by Gasteiger charge is -2.08. The van der Waals surface area contributed by atoms with Crippen LogP contribution in [-0.2, 0) is 6.61 Å². The van der Waals surface area contributed by atoms with Crippen molar-refractivity contribution >= 4 is 0 Å². The molecular formula is C10H14N2O. The maximum absolute atomic E-state index is 8.85. The normalized spacial score (nSPS) is 12.5. The van der Waals surface area contributed by atoms with Crippen molar-refractivity contribution < 1.29 is 5.11 Å². The van der Waals surface area contributed by atoms with Crippen LogP contribution >= 0.6 is 0 Å². The van der Waals surface area contributed by atoms with Crippen LogP contribution in [0, 0.1) is 0 Å². The molecular weight excluding hydrogens is 164 g/mol. The van der Waals surface area contributed by atoms with E-state index in [2.05, 4.69) is 11.6 Å². The third-order valence-corrected chi connectivity index (χ3v) is 1.79. The Hall–Kier alpha value is -1.19. The molecule has 0 saturated carbocycles. The van der Waals surface area contributed by atoms with Gasteiger partial charge < -0.3 is 10.8 Å². The molecule has 70 valence electrons. The summed E-state index contributed by atoms with van der Waals surface area (Å²) in [5.74, 6) is 0. The van der Waals surface area contributed by atoms with Gasteiger partial charge >= 0.3 is 0 Å². The molecule has 0 aromatic carbocycles. The summed E-state index contributed by atoms with van der Waals surface area (Å²) in [5, 5.41) is 8.85.